The summed E-state index contributed by atoms with van der Waals surface area (Å²) in [6.07, 6.45) is 4.03. The topological polar surface area (TPSA) is 69.6 Å². The van der Waals surface area contributed by atoms with Gasteiger partial charge in [0.25, 0.3) is 10.2 Å². The maximum absolute atomic E-state index is 12.4. The van der Waals surface area contributed by atoms with Gasteiger partial charge in [0, 0.05) is 24.7 Å². The minimum atomic E-state index is -3.45. The molecule has 0 bridgehead atoms. The lowest BCUT2D eigenvalue weighted by Crippen LogP contribution is -2.55. The van der Waals surface area contributed by atoms with Crippen molar-refractivity contribution in [3.63, 3.8) is 0 Å². The molecule has 18 heavy (non-hydrogen) atoms. The van der Waals surface area contributed by atoms with Crippen LogP contribution in [0.25, 0.3) is 0 Å². The van der Waals surface area contributed by atoms with Crippen LogP contribution in [-0.2, 0) is 10.2 Å². The summed E-state index contributed by atoms with van der Waals surface area (Å²) in [7, 11) is -3.45. The Kier molecular flexibility index (Phi) is 5.58. The Labute approximate surface area is 111 Å². The highest BCUT2D eigenvalue weighted by Gasteiger charge is 2.34. The molecule has 0 aromatic carbocycles. The first-order valence-corrected chi connectivity index (χ1v) is 8.20. The second kappa shape index (κ2) is 6.32. The molecule has 108 valence electrons. The highest BCUT2D eigenvalue weighted by molar-refractivity contribution is 7.87. The van der Waals surface area contributed by atoms with E-state index in [1.165, 1.54) is 0 Å². The third kappa shape index (κ3) is 3.91. The molecule has 0 spiro atoms. The molecule has 0 aromatic rings. The zero-order valence-corrected chi connectivity index (χ0v) is 12.5. The number of rotatable bonds is 6. The van der Waals surface area contributed by atoms with Crippen molar-refractivity contribution in [3.05, 3.63) is 0 Å². The lowest BCUT2D eigenvalue weighted by atomic mass is 9.97. The number of nitrogens with one attached hydrogen (secondary N) is 1. The Balaban J connectivity index is 2.79. The van der Waals surface area contributed by atoms with Crippen LogP contribution in [0.4, 0.5) is 0 Å². The zero-order chi connectivity index (χ0) is 13.8. The molecule has 1 aliphatic heterocycles. The fraction of sp³-hybridized carbons (Fsp3) is 1.00. The van der Waals surface area contributed by atoms with Gasteiger partial charge in [-0.05, 0) is 39.5 Å². The van der Waals surface area contributed by atoms with Crippen LogP contribution in [0.15, 0.2) is 0 Å². The number of piperidine rings is 1. The molecule has 6 heteroatoms. The molecule has 1 heterocycles. The van der Waals surface area contributed by atoms with Gasteiger partial charge in [0.1, 0.15) is 0 Å². The Morgan fingerprint density at radius 1 is 1.44 bits per heavy atom. The zero-order valence-electron chi connectivity index (χ0n) is 11.6. The van der Waals surface area contributed by atoms with Gasteiger partial charge < -0.3 is 5.11 Å². The van der Waals surface area contributed by atoms with Crippen molar-refractivity contribution in [1.82, 2.24) is 9.03 Å². The Hall–Kier alpha value is -0.170. The summed E-state index contributed by atoms with van der Waals surface area (Å²) in [6, 6.07) is 0.0616. The fourth-order valence-electron chi connectivity index (χ4n) is 2.35. The quantitative estimate of drug-likeness (QED) is 0.768. The van der Waals surface area contributed by atoms with Crippen LogP contribution in [0, 0.1) is 0 Å². The van der Waals surface area contributed by atoms with E-state index in [0.717, 1.165) is 19.3 Å². The average molecular weight is 278 g/mol. The van der Waals surface area contributed by atoms with Crippen molar-refractivity contribution in [1.29, 1.82) is 0 Å². The SMILES string of the molecule is CCC(C)(CCO)NS(=O)(=O)N1CCCCC1C. The molecule has 0 aromatic heterocycles. The number of aliphatic hydroxyl groups excluding tert-OH is 1. The molecule has 1 rings (SSSR count). The number of nitrogens with zero attached hydrogens (tertiary/aromatic N) is 1. The normalized spacial score (nSPS) is 25.9. The molecule has 5 nitrogen and oxygen atoms in total. The predicted molar refractivity (Wildman–Crippen MR) is 72.5 cm³/mol. The van der Waals surface area contributed by atoms with Crippen molar-refractivity contribution >= 4 is 10.2 Å². The van der Waals surface area contributed by atoms with Crippen molar-refractivity contribution in [2.45, 2.75) is 64.5 Å². The highest BCUT2D eigenvalue weighted by atomic mass is 32.2. The lowest BCUT2D eigenvalue weighted by Gasteiger charge is -2.36. The molecule has 1 saturated heterocycles. The van der Waals surface area contributed by atoms with Crippen LogP contribution in [-0.4, -0.2) is 42.6 Å². The smallest absolute Gasteiger partial charge is 0.280 e. The van der Waals surface area contributed by atoms with E-state index in [1.54, 1.807) is 4.31 Å². The monoisotopic (exact) mass is 278 g/mol. The maximum atomic E-state index is 12.4. The van der Waals surface area contributed by atoms with Gasteiger partial charge >= 0.3 is 0 Å². The summed E-state index contributed by atoms with van der Waals surface area (Å²) in [5.41, 5.74) is -0.565. The Bertz CT molecular complexity index is 358. The van der Waals surface area contributed by atoms with Gasteiger partial charge in [0.2, 0.25) is 0 Å². The molecular formula is C12H26N2O3S. The molecule has 0 radical (unpaired) electrons. The largest absolute Gasteiger partial charge is 0.396 e. The minimum Gasteiger partial charge on any atom is -0.396 e. The van der Waals surface area contributed by atoms with E-state index in [-0.39, 0.29) is 12.6 Å². The van der Waals surface area contributed by atoms with Crippen LogP contribution >= 0.6 is 0 Å². The summed E-state index contributed by atoms with van der Waals surface area (Å²) in [5.74, 6) is 0. The van der Waals surface area contributed by atoms with Gasteiger partial charge in [-0.1, -0.05) is 13.3 Å². The second-order valence-electron chi connectivity index (χ2n) is 5.45. The Morgan fingerprint density at radius 3 is 2.61 bits per heavy atom. The number of aliphatic hydroxyl groups is 1. The molecule has 0 saturated carbocycles. The van der Waals surface area contributed by atoms with Crippen molar-refractivity contribution in [3.8, 4) is 0 Å². The fourth-order valence-corrected chi connectivity index (χ4v) is 4.28. The third-order valence-electron chi connectivity index (χ3n) is 3.87. The van der Waals surface area contributed by atoms with Gasteiger partial charge in [-0.2, -0.15) is 17.4 Å². The van der Waals surface area contributed by atoms with E-state index in [2.05, 4.69) is 4.72 Å². The Morgan fingerprint density at radius 2 is 2.11 bits per heavy atom. The molecule has 1 fully saturated rings. The summed E-state index contributed by atoms with van der Waals surface area (Å²) >= 11 is 0. The van der Waals surface area contributed by atoms with Crippen molar-refractivity contribution in [2.75, 3.05) is 13.2 Å². The van der Waals surface area contributed by atoms with Crippen LogP contribution in [0.2, 0.25) is 0 Å². The van der Waals surface area contributed by atoms with Gasteiger partial charge in [0.15, 0.2) is 0 Å². The van der Waals surface area contributed by atoms with Crippen LogP contribution < -0.4 is 4.72 Å². The molecule has 2 N–H and O–H groups in total. The van der Waals surface area contributed by atoms with Crippen molar-refractivity contribution < 1.29 is 13.5 Å². The lowest BCUT2D eigenvalue weighted by molar-refractivity contribution is 0.222. The summed E-state index contributed by atoms with van der Waals surface area (Å²) < 4.78 is 29.1. The average Bonchev–Trinajstić information content (AvgIpc) is 2.29. The first-order valence-electron chi connectivity index (χ1n) is 6.76. The van der Waals surface area contributed by atoms with Gasteiger partial charge in [-0.3, -0.25) is 0 Å². The summed E-state index contributed by atoms with van der Waals surface area (Å²) in [5, 5.41) is 9.04. The van der Waals surface area contributed by atoms with E-state index in [9.17, 15) is 8.42 Å². The first kappa shape index (κ1) is 15.9. The molecule has 0 aliphatic carbocycles. The van der Waals surface area contributed by atoms with Crippen LogP contribution in [0.3, 0.4) is 0 Å². The number of hydrogen-bond donors (Lipinski definition) is 2. The molecule has 2 atom stereocenters. The molecule has 0 amide bonds. The third-order valence-corrected chi connectivity index (χ3v) is 5.78. The standard InChI is InChI=1S/C12H26N2O3S/c1-4-12(3,8-10-15)13-18(16,17)14-9-6-5-7-11(14)2/h11,13,15H,4-10H2,1-3H3. The van der Waals surface area contributed by atoms with Crippen LogP contribution in [0.1, 0.15) is 52.9 Å². The van der Waals surface area contributed by atoms with Gasteiger partial charge in [-0.25, -0.2) is 0 Å². The molecular weight excluding hydrogens is 252 g/mol. The highest BCUT2D eigenvalue weighted by Crippen LogP contribution is 2.22. The van der Waals surface area contributed by atoms with Crippen molar-refractivity contribution in [2.24, 2.45) is 0 Å². The summed E-state index contributed by atoms with van der Waals surface area (Å²) in [6.45, 7) is 6.30. The van der Waals surface area contributed by atoms with E-state index < -0.39 is 15.7 Å². The van der Waals surface area contributed by atoms with Gasteiger partial charge in [0.05, 0.1) is 0 Å². The van der Waals surface area contributed by atoms with E-state index in [1.807, 2.05) is 20.8 Å². The van der Waals surface area contributed by atoms with E-state index in [4.69, 9.17) is 5.11 Å². The van der Waals surface area contributed by atoms with Gasteiger partial charge in [-0.15, -0.1) is 0 Å². The molecule has 1 aliphatic rings. The minimum absolute atomic E-state index is 0.0115. The predicted octanol–water partition coefficient (Wildman–Crippen LogP) is 1.25. The van der Waals surface area contributed by atoms with E-state index >= 15 is 0 Å². The number of hydrogen-bond acceptors (Lipinski definition) is 3. The second-order valence-corrected chi connectivity index (χ2v) is 7.07. The first-order chi connectivity index (χ1) is 8.34. The van der Waals surface area contributed by atoms with Crippen LogP contribution in [0.5, 0.6) is 0 Å². The summed E-state index contributed by atoms with van der Waals surface area (Å²) in [4.78, 5) is 0. The molecule has 2 unspecified atom stereocenters. The van der Waals surface area contributed by atoms with E-state index in [0.29, 0.717) is 19.4 Å². The maximum Gasteiger partial charge on any atom is 0.280 e.